The van der Waals surface area contributed by atoms with Crippen molar-refractivity contribution < 1.29 is 9.90 Å². The lowest BCUT2D eigenvalue weighted by Gasteiger charge is -2.19. The summed E-state index contributed by atoms with van der Waals surface area (Å²) >= 11 is 0. The molecule has 0 heterocycles. The molecule has 0 aliphatic rings. The van der Waals surface area contributed by atoms with Crippen LogP contribution in [-0.4, -0.2) is 25.2 Å². The molecule has 2 N–H and O–H groups in total. The second-order valence-electron chi connectivity index (χ2n) is 4.87. The van der Waals surface area contributed by atoms with Crippen molar-refractivity contribution in [3.05, 3.63) is 53.6 Å². The Kier molecular flexibility index (Phi) is 3.94. The van der Waals surface area contributed by atoms with Gasteiger partial charge in [0.05, 0.1) is 16.9 Å². The number of hydrogen-bond donors (Lipinski definition) is 2. The maximum Gasteiger partial charge on any atom is 0.335 e. The van der Waals surface area contributed by atoms with E-state index in [1.165, 1.54) is 0 Å². The van der Waals surface area contributed by atoms with Crippen LogP contribution in [0.1, 0.15) is 15.9 Å². The zero-order chi connectivity index (χ0) is 14.7. The van der Waals surface area contributed by atoms with Crippen molar-refractivity contribution in [2.45, 2.75) is 6.92 Å². The molecule has 0 aliphatic carbocycles. The molecule has 4 heteroatoms. The van der Waals surface area contributed by atoms with Crippen LogP contribution in [0.3, 0.4) is 0 Å². The van der Waals surface area contributed by atoms with Gasteiger partial charge >= 0.3 is 5.97 Å². The predicted molar refractivity (Wildman–Crippen MR) is 82.2 cm³/mol. The summed E-state index contributed by atoms with van der Waals surface area (Å²) < 4.78 is 0. The SMILES string of the molecule is Cc1ccc(C(=O)O)cc1Nc1ccccc1N(C)C. The van der Waals surface area contributed by atoms with Crippen LogP contribution in [0.15, 0.2) is 42.5 Å². The average Bonchev–Trinajstić information content (AvgIpc) is 2.41. The standard InChI is InChI=1S/C16H18N2O2/c1-11-8-9-12(16(19)20)10-14(11)17-13-6-4-5-7-15(13)18(2)3/h4-10,17H,1-3H3,(H,19,20). The fourth-order valence-corrected chi connectivity index (χ4v) is 2.00. The van der Waals surface area contributed by atoms with Crippen molar-refractivity contribution in [1.82, 2.24) is 0 Å². The minimum absolute atomic E-state index is 0.278. The van der Waals surface area contributed by atoms with E-state index >= 15 is 0 Å². The van der Waals surface area contributed by atoms with Gasteiger partial charge in [0.1, 0.15) is 0 Å². The predicted octanol–water partition coefficient (Wildman–Crippen LogP) is 3.50. The molecule has 2 rings (SSSR count). The smallest absolute Gasteiger partial charge is 0.335 e. The van der Waals surface area contributed by atoms with Crippen molar-refractivity contribution in [3.63, 3.8) is 0 Å². The molecular formula is C16H18N2O2. The molecule has 0 saturated heterocycles. The van der Waals surface area contributed by atoms with Gasteiger partial charge in [0.2, 0.25) is 0 Å². The highest BCUT2D eigenvalue weighted by atomic mass is 16.4. The van der Waals surface area contributed by atoms with Crippen LogP contribution in [0.5, 0.6) is 0 Å². The van der Waals surface area contributed by atoms with Crippen LogP contribution < -0.4 is 10.2 Å². The van der Waals surface area contributed by atoms with Crippen molar-refractivity contribution in [2.24, 2.45) is 0 Å². The van der Waals surface area contributed by atoms with Gasteiger partial charge in [-0.15, -0.1) is 0 Å². The molecule has 0 aromatic heterocycles. The number of aryl methyl sites for hydroxylation is 1. The second-order valence-corrected chi connectivity index (χ2v) is 4.87. The molecule has 2 aromatic carbocycles. The Hall–Kier alpha value is -2.49. The minimum atomic E-state index is -0.922. The fourth-order valence-electron chi connectivity index (χ4n) is 2.00. The Morgan fingerprint density at radius 2 is 1.80 bits per heavy atom. The molecule has 104 valence electrons. The summed E-state index contributed by atoms with van der Waals surface area (Å²) in [5, 5.41) is 12.4. The number of anilines is 3. The molecule has 20 heavy (non-hydrogen) atoms. The van der Waals surface area contributed by atoms with Gasteiger partial charge in [0, 0.05) is 19.8 Å². The van der Waals surface area contributed by atoms with E-state index in [9.17, 15) is 4.79 Å². The minimum Gasteiger partial charge on any atom is -0.478 e. The number of nitrogens with zero attached hydrogens (tertiary/aromatic N) is 1. The van der Waals surface area contributed by atoms with Gasteiger partial charge in [-0.05, 0) is 36.8 Å². The van der Waals surface area contributed by atoms with E-state index < -0.39 is 5.97 Å². The maximum absolute atomic E-state index is 11.1. The largest absolute Gasteiger partial charge is 0.478 e. The molecule has 0 unspecified atom stereocenters. The van der Waals surface area contributed by atoms with Crippen molar-refractivity contribution in [1.29, 1.82) is 0 Å². The molecule has 0 fully saturated rings. The molecule has 0 aliphatic heterocycles. The lowest BCUT2D eigenvalue weighted by atomic mass is 10.1. The molecule has 0 spiro atoms. The Labute approximate surface area is 118 Å². The van der Waals surface area contributed by atoms with Gasteiger partial charge in [-0.3, -0.25) is 0 Å². The number of carboxylic acids is 1. The van der Waals surface area contributed by atoms with E-state index in [-0.39, 0.29) is 5.56 Å². The monoisotopic (exact) mass is 270 g/mol. The molecule has 4 nitrogen and oxygen atoms in total. The first-order valence-electron chi connectivity index (χ1n) is 6.36. The van der Waals surface area contributed by atoms with E-state index in [1.807, 2.05) is 56.3 Å². The van der Waals surface area contributed by atoms with Gasteiger partial charge in [0.15, 0.2) is 0 Å². The third-order valence-corrected chi connectivity index (χ3v) is 3.14. The van der Waals surface area contributed by atoms with E-state index in [0.29, 0.717) is 0 Å². The third-order valence-electron chi connectivity index (χ3n) is 3.14. The van der Waals surface area contributed by atoms with E-state index in [4.69, 9.17) is 5.11 Å². The van der Waals surface area contributed by atoms with E-state index in [0.717, 1.165) is 22.6 Å². The first-order valence-corrected chi connectivity index (χ1v) is 6.36. The van der Waals surface area contributed by atoms with Gasteiger partial charge < -0.3 is 15.3 Å². The van der Waals surface area contributed by atoms with Crippen molar-refractivity contribution >= 4 is 23.0 Å². The molecular weight excluding hydrogens is 252 g/mol. The quantitative estimate of drug-likeness (QED) is 0.892. The summed E-state index contributed by atoms with van der Waals surface area (Å²) in [5.41, 5.74) is 4.08. The van der Waals surface area contributed by atoms with Gasteiger partial charge in [-0.1, -0.05) is 18.2 Å². The summed E-state index contributed by atoms with van der Waals surface area (Å²) in [4.78, 5) is 13.1. The van der Waals surface area contributed by atoms with Crippen LogP contribution >= 0.6 is 0 Å². The molecule has 0 bridgehead atoms. The molecule has 0 amide bonds. The zero-order valence-corrected chi connectivity index (χ0v) is 11.8. The van der Waals surface area contributed by atoms with Crippen LogP contribution in [0.2, 0.25) is 0 Å². The molecule has 0 atom stereocenters. The van der Waals surface area contributed by atoms with Crippen LogP contribution in [-0.2, 0) is 0 Å². The Balaban J connectivity index is 2.40. The van der Waals surface area contributed by atoms with Crippen LogP contribution in [0.4, 0.5) is 17.1 Å². The average molecular weight is 270 g/mol. The van der Waals surface area contributed by atoms with Gasteiger partial charge in [-0.25, -0.2) is 4.79 Å². The summed E-state index contributed by atoms with van der Waals surface area (Å²) in [6, 6.07) is 13.0. The highest BCUT2D eigenvalue weighted by Crippen LogP contribution is 2.29. The summed E-state index contributed by atoms with van der Waals surface area (Å²) in [7, 11) is 3.95. The first kappa shape index (κ1) is 13.9. The molecule has 0 saturated carbocycles. The third kappa shape index (κ3) is 2.91. The molecule has 0 radical (unpaired) electrons. The maximum atomic E-state index is 11.1. The lowest BCUT2D eigenvalue weighted by Crippen LogP contribution is -2.11. The number of aromatic carboxylic acids is 1. The number of carboxylic acid groups (broad SMARTS) is 1. The van der Waals surface area contributed by atoms with Crippen LogP contribution in [0, 0.1) is 6.92 Å². The highest BCUT2D eigenvalue weighted by molar-refractivity contribution is 5.90. The number of nitrogens with one attached hydrogen (secondary N) is 1. The number of rotatable bonds is 4. The number of para-hydroxylation sites is 2. The van der Waals surface area contributed by atoms with Crippen molar-refractivity contribution in [3.8, 4) is 0 Å². The number of benzene rings is 2. The second kappa shape index (κ2) is 5.65. The normalized spacial score (nSPS) is 10.2. The highest BCUT2D eigenvalue weighted by Gasteiger charge is 2.09. The Morgan fingerprint density at radius 3 is 2.45 bits per heavy atom. The number of hydrogen-bond acceptors (Lipinski definition) is 3. The topological polar surface area (TPSA) is 52.6 Å². The Bertz CT molecular complexity index is 636. The number of carbonyl (C=O) groups is 1. The first-order chi connectivity index (χ1) is 9.49. The van der Waals surface area contributed by atoms with Gasteiger partial charge in [0.25, 0.3) is 0 Å². The lowest BCUT2D eigenvalue weighted by molar-refractivity contribution is 0.0697. The Morgan fingerprint density at radius 1 is 1.10 bits per heavy atom. The summed E-state index contributed by atoms with van der Waals surface area (Å²) in [6.45, 7) is 1.95. The fraction of sp³-hybridized carbons (Fsp3) is 0.188. The summed E-state index contributed by atoms with van der Waals surface area (Å²) in [5.74, 6) is -0.922. The van der Waals surface area contributed by atoms with Crippen molar-refractivity contribution in [2.75, 3.05) is 24.3 Å². The zero-order valence-electron chi connectivity index (χ0n) is 11.8. The van der Waals surface area contributed by atoms with E-state index in [2.05, 4.69) is 5.32 Å². The molecule has 2 aromatic rings. The van der Waals surface area contributed by atoms with Crippen LogP contribution in [0.25, 0.3) is 0 Å². The summed E-state index contributed by atoms with van der Waals surface area (Å²) in [6.07, 6.45) is 0. The van der Waals surface area contributed by atoms with E-state index in [1.54, 1.807) is 12.1 Å². The van der Waals surface area contributed by atoms with Gasteiger partial charge in [-0.2, -0.15) is 0 Å².